The number of hydrogen-bond donors (Lipinski definition) is 2. The normalized spacial score (nSPS) is 15.8. The highest BCUT2D eigenvalue weighted by Crippen LogP contribution is 2.01. The molecule has 25 heavy (non-hydrogen) atoms. The van der Waals surface area contributed by atoms with Crippen LogP contribution < -0.4 is 0 Å². The molecule has 0 rings (SSSR count). The summed E-state index contributed by atoms with van der Waals surface area (Å²) < 4.78 is 0. The Bertz CT molecular complexity index is 453. The van der Waals surface area contributed by atoms with Crippen molar-refractivity contribution in [2.45, 2.75) is 71.0 Å². The lowest BCUT2D eigenvalue weighted by atomic mass is 10.1. The molecule has 0 aromatic heterocycles. The molecule has 0 heterocycles. The van der Waals surface area contributed by atoms with Gasteiger partial charge in [0.25, 0.3) is 0 Å². The molecule has 0 spiro atoms. The molecule has 0 unspecified atom stereocenters. The molecule has 0 radical (unpaired) electrons. The third kappa shape index (κ3) is 18.5. The van der Waals surface area contributed by atoms with Crippen molar-refractivity contribution in [3.8, 4) is 0 Å². The lowest BCUT2D eigenvalue weighted by Gasteiger charge is -2.01. The maximum Gasteiger partial charge on any atom is 0.0758 e. The molecule has 0 aliphatic carbocycles. The first-order valence-corrected chi connectivity index (χ1v) is 9.53. The predicted molar refractivity (Wildman–Crippen MR) is 111 cm³/mol. The molecule has 2 atom stereocenters. The Morgan fingerprint density at radius 2 is 1.28 bits per heavy atom. The fraction of sp³-hybridized carbons (Fsp3) is 0.478. The summed E-state index contributed by atoms with van der Waals surface area (Å²) in [4.78, 5) is 0. The van der Waals surface area contributed by atoms with Crippen molar-refractivity contribution in [3.63, 3.8) is 0 Å². The first-order valence-electron chi connectivity index (χ1n) is 9.53. The van der Waals surface area contributed by atoms with Crippen LogP contribution >= 0.6 is 0 Å². The van der Waals surface area contributed by atoms with Crippen molar-refractivity contribution in [2.24, 2.45) is 0 Å². The third-order valence-electron chi connectivity index (χ3n) is 3.51. The topological polar surface area (TPSA) is 40.5 Å². The monoisotopic (exact) mass is 344 g/mol. The second kappa shape index (κ2) is 18.7. The molecule has 2 nitrogen and oxygen atoms in total. The van der Waals surface area contributed by atoms with Crippen LogP contribution in [0.3, 0.4) is 0 Å². The molecule has 0 saturated carbocycles. The molecule has 0 aliphatic heterocycles. The molecule has 2 heteroatoms. The summed E-state index contributed by atoms with van der Waals surface area (Å²) in [6.07, 6.45) is 29.6. The Labute approximate surface area is 154 Å². The highest BCUT2D eigenvalue weighted by atomic mass is 16.3. The van der Waals surface area contributed by atoms with Crippen molar-refractivity contribution in [1.29, 1.82) is 0 Å². The molecule has 0 amide bonds. The smallest absolute Gasteiger partial charge is 0.0758 e. The van der Waals surface area contributed by atoms with E-state index >= 15 is 0 Å². The van der Waals surface area contributed by atoms with Crippen LogP contribution in [0, 0.1) is 0 Å². The van der Waals surface area contributed by atoms with Crippen molar-refractivity contribution in [2.75, 3.05) is 0 Å². The maximum atomic E-state index is 9.68. The number of aliphatic hydroxyl groups is 2. The second-order valence-corrected chi connectivity index (χ2v) is 5.96. The maximum absolute atomic E-state index is 9.68. The van der Waals surface area contributed by atoms with Crippen LogP contribution in [0.25, 0.3) is 0 Å². The fourth-order valence-electron chi connectivity index (χ4n) is 2.04. The van der Waals surface area contributed by atoms with Crippen LogP contribution in [-0.4, -0.2) is 22.4 Å². The number of hydrogen-bond acceptors (Lipinski definition) is 2. The number of aliphatic hydroxyl groups excluding tert-OH is 2. The standard InChI is InChI=1S/C23H36O2/c1-3-5-15-19-23(25)21-17-14-12-10-8-7-9-11-13-16-20-22(24)18-6-4-2/h5,7-8,11-17,20-25H,3-4,6,9-10,18-19H2,1-2H3/b8-7-,13-11-,14-12-,15-5-,20-16+,21-17+/t22-,23-/m1/s1. The van der Waals surface area contributed by atoms with Crippen LogP contribution in [0.15, 0.2) is 72.9 Å². The molecule has 0 saturated heterocycles. The van der Waals surface area contributed by atoms with Crippen LogP contribution in [-0.2, 0) is 0 Å². The molecule has 2 N–H and O–H groups in total. The van der Waals surface area contributed by atoms with Crippen molar-refractivity contribution < 1.29 is 10.2 Å². The number of rotatable bonds is 14. The summed E-state index contributed by atoms with van der Waals surface area (Å²) >= 11 is 0. The van der Waals surface area contributed by atoms with E-state index in [0.717, 1.165) is 38.5 Å². The van der Waals surface area contributed by atoms with E-state index in [1.165, 1.54) is 0 Å². The Balaban J connectivity index is 3.76. The zero-order chi connectivity index (χ0) is 18.6. The first kappa shape index (κ1) is 23.4. The lowest BCUT2D eigenvalue weighted by molar-refractivity contribution is 0.209. The zero-order valence-electron chi connectivity index (χ0n) is 15.9. The van der Waals surface area contributed by atoms with Gasteiger partial charge >= 0.3 is 0 Å². The molecule has 140 valence electrons. The molecule has 0 bridgehead atoms. The molecule has 0 aromatic rings. The van der Waals surface area contributed by atoms with Crippen molar-refractivity contribution in [3.05, 3.63) is 72.9 Å². The highest BCUT2D eigenvalue weighted by Gasteiger charge is 1.95. The molecule has 0 aliphatic rings. The SMILES string of the molecule is CC/C=C\C[C@@H](O)/C=C/C=C\C/C=C\C/C=C\C=C\[C@H](O)CCCC. The van der Waals surface area contributed by atoms with Gasteiger partial charge in [-0.3, -0.25) is 0 Å². The van der Waals surface area contributed by atoms with E-state index < -0.39 is 6.10 Å². The van der Waals surface area contributed by atoms with Gasteiger partial charge in [0, 0.05) is 0 Å². The Hall–Kier alpha value is -1.64. The van der Waals surface area contributed by atoms with Gasteiger partial charge in [-0.2, -0.15) is 0 Å². The van der Waals surface area contributed by atoms with Gasteiger partial charge in [-0.1, -0.05) is 99.6 Å². The van der Waals surface area contributed by atoms with E-state index in [1.807, 2.05) is 42.5 Å². The number of allylic oxidation sites excluding steroid dienone is 9. The third-order valence-corrected chi connectivity index (χ3v) is 3.51. The van der Waals surface area contributed by atoms with E-state index in [2.05, 4.69) is 44.2 Å². The molecule has 0 fully saturated rings. The van der Waals surface area contributed by atoms with Gasteiger partial charge in [0.2, 0.25) is 0 Å². The minimum atomic E-state index is -0.401. The molecular weight excluding hydrogens is 308 g/mol. The van der Waals surface area contributed by atoms with Crippen LogP contribution in [0.4, 0.5) is 0 Å². The minimum absolute atomic E-state index is 0.320. The van der Waals surface area contributed by atoms with Gasteiger partial charge in [-0.25, -0.2) is 0 Å². The van der Waals surface area contributed by atoms with Gasteiger partial charge < -0.3 is 10.2 Å². The summed E-state index contributed by atoms with van der Waals surface area (Å²) in [6.45, 7) is 4.21. The van der Waals surface area contributed by atoms with Gasteiger partial charge in [0.1, 0.15) is 0 Å². The average Bonchev–Trinajstić information content (AvgIpc) is 2.61. The Kier molecular flexibility index (Phi) is 17.5. The van der Waals surface area contributed by atoms with Crippen molar-refractivity contribution >= 4 is 0 Å². The zero-order valence-corrected chi connectivity index (χ0v) is 15.9. The summed E-state index contributed by atoms with van der Waals surface area (Å²) in [7, 11) is 0. The van der Waals surface area contributed by atoms with Gasteiger partial charge in [-0.05, 0) is 32.1 Å². The average molecular weight is 345 g/mol. The molecular formula is C23H36O2. The Morgan fingerprint density at radius 3 is 1.84 bits per heavy atom. The highest BCUT2D eigenvalue weighted by molar-refractivity contribution is 5.09. The van der Waals surface area contributed by atoms with Crippen LogP contribution in [0.2, 0.25) is 0 Å². The minimum Gasteiger partial charge on any atom is -0.389 e. The summed E-state index contributed by atoms with van der Waals surface area (Å²) in [5, 5.41) is 19.3. The van der Waals surface area contributed by atoms with Crippen molar-refractivity contribution in [1.82, 2.24) is 0 Å². The second-order valence-electron chi connectivity index (χ2n) is 5.96. The quantitative estimate of drug-likeness (QED) is 0.308. The number of unbranched alkanes of at least 4 members (excludes halogenated alkanes) is 1. The van der Waals surface area contributed by atoms with E-state index in [1.54, 1.807) is 0 Å². The van der Waals surface area contributed by atoms with E-state index in [0.29, 0.717) is 6.42 Å². The first-order chi connectivity index (χ1) is 12.2. The summed E-state index contributed by atoms with van der Waals surface area (Å²) in [6, 6.07) is 0. The molecule has 0 aromatic carbocycles. The van der Waals surface area contributed by atoms with Crippen LogP contribution in [0.5, 0.6) is 0 Å². The Morgan fingerprint density at radius 1 is 0.680 bits per heavy atom. The largest absolute Gasteiger partial charge is 0.389 e. The summed E-state index contributed by atoms with van der Waals surface area (Å²) in [5.41, 5.74) is 0. The lowest BCUT2D eigenvalue weighted by Crippen LogP contribution is -2.00. The van der Waals surface area contributed by atoms with Gasteiger partial charge in [-0.15, -0.1) is 0 Å². The fourth-order valence-corrected chi connectivity index (χ4v) is 2.04. The van der Waals surface area contributed by atoms with E-state index in [-0.39, 0.29) is 6.10 Å². The predicted octanol–water partition coefficient (Wildman–Crippen LogP) is 5.82. The van der Waals surface area contributed by atoms with E-state index in [9.17, 15) is 10.2 Å². The van der Waals surface area contributed by atoms with Gasteiger partial charge in [0.15, 0.2) is 0 Å². The van der Waals surface area contributed by atoms with E-state index in [4.69, 9.17) is 0 Å². The van der Waals surface area contributed by atoms with Gasteiger partial charge in [0.05, 0.1) is 12.2 Å². The van der Waals surface area contributed by atoms with Crippen LogP contribution in [0.1, 0.15) is 58.8 Å². The summed E-state index contributed by atoms with van der Waals surface area (Å²) in [5.74, 6) is 0.